The minimum Gasteiger partial charge on any atom is -0.394 e. The minimum absolute atomic E-state index is 0.148. The van der Waals surface area contributed by atoms with Gasteiger partial charge in [-0.2, -0.15) is 5.10 Å². The number of hydrogen-bond donors (Lipinski definition) is 2. The molecule has 24 heavy (non-hydrogen) atoms. The SMILES string of the molecule is CN(C)c1ccc(C=NN(CCO)c2cc(=O)n(C)c(=O)[nH]2)cc1. The Bertz CT molecular complexity index is 790. The van der Waals surface area contributed by atoms with E-state index in [0.717, 1.165) is 15.8 Å². The summed E-state index contributed by atoms with van der Waals surface area (Å²) < 4.78 is 0.963. The molecule has 8 heteroatoms. The Labute approximate surface area is 139 Å². The van der Waals surface area contributed by atoms with E-state index < -0.39 is 11.2 Å². The number of benzene rings is 1. The maximum absolute atomic E-state index is 11.7. The van der Waals surface area contributed by atoms with Crippen molar-refractivity contribution in [2.24, 2.45) is 12.1 Å². The van der Waals surface area contributed by atoms with Crippen LogP contribution in [-0.2, 0) is 7.05 Å². The van der Waals surface area contributed by atoms with Crippen LogP contribution in [0.2, 0.25) is 0 Å². The third kappa shape index (κ3) is 4.11. The molecule has 0 aliphatic carbocycles. The average Bonchev–Trinajstić information content (AvgIpc) is 2.56. The largest absolute Gasteiger partial charge is 0.394 e. The number of hydrogen-bond acceptors (Lipinski definition) is 6. The molecular formula is C16H21N5O3. The first-order chi connectivity index (χ1) is 11.4. The molecule has 1 aromatic carbocycles. The molecule has 0 unspecified atom stereocenters. The van der Waals surface area contributed by atoms with Gasteiger partial charge in [-0.1, -0.05) is 12.1 Å². The summed E-state index contributed by atoms with van der Waals surface area (Å²) in [5.41, 5.74) is 0.943. The molecule has 8 nitrogen and oxygen atoms in total. The van der Waals surface area contributed by atoms with E-state index in [1.165, 1.54) is 18.1 Å². The van der Waals surface area contributed by atoms with E-state index in [1.807, 2.05) is 43.3 Å². The maximum atomic E-state index is 11.7. The summed E-state index contributed by atoms with van der Waals surface area (Å²) in [5, 5.41) is 14.8. The zero-order valence-corrected chi connectivity index (χ0v) is 13.9. The molecule has 128 valence electrons. The fourth-order valence-corrected chi connectivity index (χ4v) is 2.01. The van der Waals surface area contributed by atoms with Crippen LogP contribution in [0.4, 0.5) is 11.5 Å². The lowest BCUT2D eigenvalue weighted by Crippen LogP contribution is -2.35. The normalized spacial score (nSPS) is 11.0. The highest BCUT2D eigenvalue weighted by Crippen LogP contribution is 2.12. The number of aromatic nitrogens is 2. The van der Waals surface area contributed by atoms with Gasteiger partial charge in [-0.3, -0.25) is 14.3 Å². The fourth-order valence-electron chi connectivity index (χ4n) is 2.01. The summed E-state index contributed by atoms with van der Waals surface area (Å²) in [4.78, 5) is 28.0. The van der Waals surface area contributed by atoms with Crippen LogP contribution in [0.15, 0.2) is 45.0 Å². The average molecular weight is 331 g/mol. The monoisotopic (exact) mass is 331 g/mol. The number of nitrogens with zero attached hydrogens (tertiary/aromatic N) is 4. The second-order valence-corrected chi connectivity index (χ2v) is 5.43. The number of anilines is 2. The Hall–Kier alpha value is -2.87. The lowest BCUT2D eigenvalue weighted by atomic mass is 10.2. The Morgan fingerprint density at radius 1 is 1.25 bits per heavy atom. The van der Waals surface area contributed by atoms with Crippen molar-refractivity contribution in [2.75, 3.05) is 37.2 Å². The molecule has 0 atom stereocenters. The van der Waals surface area contributed by atoms with E-state index in [4.69, 9.17) is 0 Å². The fraction of sp³-hybridized carbons (Fsp3) is 0.312. The molecule has 0 spiro atoms. The molecule has 0 amide bonds. The molecule has 2 aromatic rings. The summed E-state index contributed by atoms with van der Waals surface area (Å²) >= 11 is 0. The highest BCUT2D eigenvalue weighted by Gasteiger charge is 2.08. The van der Waals surface area contributed by atoms with Crippen molar-refractivity contribution >= 4 is 17.7 Å². The van der Waals surface area contributed by atoms with Crippen LogP contribution in [0, 0.1) is 0 Å². The predicted octanol–water partition coefficient (Wildman–Crippen LogP) is -0.0276. The van der Waals surface area contributed by atoms with E-state index in [2.05, 4.69) is 10.1 Å². The van der Waals surface area contributed by atoms with Gasteiger partial charge in [-0.15, -0.1) is 0 Å². The molecule has 0 bridgehead atoms. The van der Waals surface area contributed by atoms with E-state index in [9.17, 15) is 14.7 Å². The summed E-state index contributed by atoms with van der Waals surface area (Å²) in [7, 11) is 5.30. The lowest BCUT2D eigenvalue weighted by Gasteiger charge is -2.17. The Morgan fingerprint density at radius 2 is 1.92 bits per heavy atom. The molecule has 1 heterocycles. The summed E-state index contributed by atoms with van der Waals surface area (Å²) in [6.07, 6.45) is 1.60. The van der Waals surface area contributed by atoms with Gasteiger partial charge < -0.3 is 10.0 Å². The van der Waals surface area contributed by atoms with Gasteiger partial charge in [0.2, 0.25) is 0 Å². The van der Waals surface area contributed by atoms with Crippen molar-refractivity contribution in [3.63, 3.8) is 0 Å². The van der Waals surface area contributed by atoms with E-state index in [1.54, 1.807) is 6.21 Å². The van der Waals surface area contributed by atoms with Crippen molar-refractivity contribution in [1.29, 1.82) is 0 Å². The number of nitrogens with one attached hydrogen (secondary N) is 1. The Morgan fingerprint density at radius 3 is 2.46 bits per heavy atom. The van der Waals surface area contributed by atoms with Gasteiger partial charge in [0.25, 0.3) is 5.56 Å². The van der Waals surface area contributed by atoms with Crippen LogP contribution in [0.25, 0.3) is 0 Å². The van der Waals surface area contributed by atoms with E-state index in [-0.39, 0.29) is 19.0 Å². The molecule has 0 aliphatic heterocycles. The van der Waals surface area contributed by atoms with Gasteiger partial charge >= 0.3 is 5.69 Å². The number of rotatable bonds is 6. The Balaban J connectivity index is 2.28. The quantitative estimate of drug-likeness (QED) is 0.573. The number of aliphatic hydroxyl groups excluding tert-OH is 1. The third-order valence-corrected chi connectivity index (χ3v) is 3.48. The van der Waals surface area contributed by atoms with Crippen molar-refractivity contribution < 1.29 is 5.11 Å². The van der Waals surface area contributed by atoms with Crippen LogP contribution in [0.1, 0.15) is 5.56 Å². The van der Waals surface area contributed by atoms with Gasteiger partial charge in [0.15, 0.2) is 0 Å². The standard InChI is InChI=1S/C16H21N5O3/c1-19(2)13-6-4-12(5-7-13)11-17-21(8-9-22)14-10-15(23)20(3)16(24)18-14/h4-7,10-11,22H,8-9H2,1-3H3,(H,18,24). The summed E-state index contributed by atoms with van der Waals surface area (Å²) in [5.74, 6) is 0.235. The summed E-state index contributed by atoms with van der Waals surface area (Å²) in [6.45, 7) is -0.0243. The first-order valence-corrected chi connectivity index (χ1v) is 7.42. The van der Waals surface area contributed by atoms with Crippen LogP contribution >= 0.6 is 0 Å². The zero-order chi connectivity index (χ0) is 17.7. The highest BCUT2D eigenvalue weighted by atomic mass is 16.3. The van der Waals surface area contributed by atoms with E-state index >= 15 is 0 Å². The van der Waals surface area contributed by atoms with E-state index in [0.29, 0.717) is 0 Å². The first kappa shape index (κ1) is 17.5. The van der Waals surface area contributed by atoms with Crippen LogP contribution in [-0.4, -0.2) is 48.1 Å². The molecule has 2 N–H and O–H groups in total. The molecule has 0 fully saturated rings. The molecule has 0 aliphatic rings. The second kappa shape index (κ2) is 7.60. The smallest absolute Gasteiger partial charge is 0.329 e. The summed E-state index contributed by atoms with van der Waals surface area (Å²) in [6, 6.07) is 8.99. The minimum atomic E-state index is -0.536. The predicted molar refractivity (Wildman–Crippen MR) is 95.1 cm³/mol. The van der Waals surface area contributed by atoms with Crippen LogP contribution in [0.3, 0.4) is 0 Å². The number of aliphatic hydroxyl groups is 1. The lowest BCUT2D eigenvalue weighted by molar-refractivity contribution is 0.302. The highest BCUT2D eigenvalue weighted by molar-refractivity contribution is 5.81. The zero-order valence-electron chi connectivity index (χ0n) is 13.9. The van der Waals surface area contributed by atoms with Gasteiger partial charge in [0, 0.05) is 32.9 Å². The number of aromatic amines is 1. The van der Waals surface area contributed by atoms with Crippen LogP contribution < -0.4 is 21.2 Å². The van der Waals surface area contributed by atoms with Crippen LogP contribution in [0.5, 0.6) is 0 Å². The number of hydrazone groups is 1. The van der Waals surface area contributed by atoms with Crippen molar-refractivity contribution in [2.45, 2.75) is 0 Å². The molecule has 0 saturated heterocycles. The molecule has 0 saturated carbocycles. The molecule has 2 rings (SSSR count). The molecule has 0 radical (unpaired) electrons. The van der Waals surface area contributed by atoms with Crippen molar-refractivity contribution in [3.05, 3.63) is 56.7 Å². The van der Waals surface area contributed by atoms with Gasteiger partial charge in [0.05, 0.1) is 19.4 Å². The van der Waals surface area contributed by atoms with Crippen molar-refractivity contribution in [3.8, 4) is 0 Å². The van der Waals surface area contributed by atoms with Gasteiger partial charge in [0.1, 0.15) is 5.82 Å². The number of H-pyrrole nitrogens is 1. The molecule has 1 aromatic heterocycles. The van der Waals surface area contributed by atoms with Gasteiger partial charge in [-0.05, 0) is 17.7 Å². The topological polar surface area (TPSA) is 93.9 Å². The Kier molecular flexibility index (Phi) is 5.54. The maximum Gasteiger partial charge on any atom is 0.329 e. The third-order valence-electron chi connectivity index (χ3n) is 3.48. The second-order valence-electron chi connectivity index (χ2n) is 5.43. The first-order valence-electron chi connectivity index (χ1n) is 7.42. The van der Waals surface area contributed by atoms with Gasteiger partial charge in [-0.25, -0.2) is 9.80 Å². The molecular weight excluding hydrogens is 310 g/mol. The van der Waals surface area contributed by atoms with Crippen molar-refractivity contribution in [1.82, 2.24) is 9.55 Å².